The Morgan fingerprint density at radius 1 is 0.647 bits per heavy atom. The summed E-state index contributed by atoms with van der Waals surface area (Å²) >= 11 is 0. The molecule has 2 nitrogen and oxygen atoms in total. The molecule has 2 heteroatoms. The molecule has 0 spiro atoms. The molecule has 1 aliphatic heterocycles. The van der Waals surface area contributed by atoms with Crippen molar-refractivity contribution in [3.63, 3.8) is 0 Å². The van der Waals surface area contributed by atoms with Crippen LogP contribution in [0.15, 0.2) is 0 Å². The molecule has 17 heavy (non-hydrogen) atoms. The fraction of sp³-hybridized carbons (Fsp3) is 1.00. The molecule has 102 valence electrons. The van der Waals surface area contributed by atoms with E-state index < -0.39 is 0 Å². The molecule has 1 fully saturated rings. The van der Waals surface area contributed by atoms with Crippen LogP contribution < -0.4 is 0 Å². The second-order valence-corrected chi connectivity index (χ2v) is 6.51. The number of nitrogens with zero attached hydrogens (tertiary/aromatic N) is 2. The van der Waals surface area contributed by atoms with Gasteiger partial charge in [-0.1, -0.05) is 12.8 Å². The second-order valence-electron chi connectivity index (χ2n) is 6.51. The zero-order chi connectivity index (χ0) is 12.6. The van der Waals surface area contributed by atoms with Crippen molar-refractivity contribution in [3.8, 4) is 0 Å². The smallest absolute Gasteiger partial charge is 0.0782 e. The molecule has 0 aromatic carbocycles. The largest absolute Gasteiger partial charge is 0.328 e. The van der Waals surface area contributed by atoms with Gasteiger partial charge in [0.05, 0.1) is 27.2 Å². The first kappa shape index (κ1) is 15.0. The molecule has 0 unspecified atom stereocenters. The van der Waals surface area contributed by atoms with E-state index in [-0.39, 0.29) is 0 Å². The van der Waals surface area contributed by atoms with Crippen LogP contribution in [0.3, 0.4) is 0 Å². The van der Waals surface area contributed by atoms with E-state index in [0.717, 1.165) is 0 Å². The molecule has 1 heterocycles. The van der Waals surface area contributed by atoms with Crippen LogP contribution in [-0.2, 0) is 0 Å². The third-order valence-electron chi connectivity index (χ3n) is 4.11. The van der Waals surface area contributed by atoms with E-state index in [0.29, 0.717) is 0 Å². The van der Waals surface area contributed by atoms with Crippen LogP contribution in [0.25, 0.3) is 0 Å². The van der Waals surface area contributed by atoms with Crippen LogP contribution in [0.5, 0.6) is 0 Å². The summed E-state index contributed by atoms with van der Waals surface area (Å²) in [6.07, 6.45) is 11.3. The van der Waals surface area contributed by atoms with E-state index in [2.05, 4.69) is 26.0 Å². The molecule has 0 saturated carbocycles. The predicted molar refractivity (Wildman–Crippen MR) is 76.3 cm³/mol. The zero-order valence-corrected chi connectivity index (χ0v) is 12.4. The van der Waals surface area contributed by atoms with Crippen molar-refractivity contribution in [3.05, 3.63) is 0 Å². The van der Waals surface area contributed by atoms with Crippen molar-refractivity contribution in [1.82, 2.24) is 4.90 Å². The lowest BCUT2D eigenvalue weighted by atomic mass is 10.1. The molecular weight excluding hydrogens is 208 g/mol. The van der Waals surface area contributed by atoms with E-state index in [1.165, 1.54) is 82.0 Å². The molecule has 0 aromatic heterocycles. The summed E-state index contributed by atoms with van der Waals surface area (Å²) in [6, 6.07) is 0. The van der Waals surface area contributed by atoms with Crippen LogP contribution in [0.1, 0.15) is 51.4 Å². The van der Waals surface area contributed by atoms with E-state index in [1.807, 2.05) is 0 Å². The lowest BCUT2D eigenvalue weighted by Gasteiger charge is -2.30. The van der Waals surface area contributed by atoms with Gasteiger partial charge in [0.15, 0.2) is 0 Å². The maximum Gasteiger partial charge on any atom is 0.0782 e. The van der Waals surface area contributed by atoms with E-state index >= 15 is 0 Å². The molecule has 1 saturated heterocycles. The van der Waals surface area contributed by atoms with Crippen molar-refractivity contribution in [2.75, 3.05) is 47.3 Å². The quantitative estimate of drug-likeness (QED) is 0.589. The fourth-order valence-electron chi connectivity index (χ4n) is 2.77. The number of hydrogen-bond donors (Lipinski definition) is 0. The van der Waals surface area contributed by atoms with Gasteiger partial charge >= 0.3 is 0 Å². The first-order chi connectivity index (χ1) is 8.10. The fourth-order valence-corrected chi connectivity index (χ4v) is 2.77. The summed E-state index contributed by atoms with van der Waals surface area (Å²) in [7, 11) is 7.09. The first-order valence-corrected chi connectivity index (χ1v) is 7.61. The minimum atomic E-state index is 1.24. The van der Waals surface area contributed by atoms with Gasteiger partial charge in [0.1, 0.15) is 0 Å². The maximum atomic E-state index is 2.52. The average Bonchev–Trinajstić information content (AvgIpc) is 2.27. The van der Waals surface area contributed by atoms with Crippen LogP contribution in [0, 0.1) is 0 Å². The molecule has 0 aliphatic carbocycles. The Morgan fingerprint density at radius 2 is 1.06 bits per heavy atom. The van der Waals surface area contributed by atoms with Gasteiger partial charge in [-0.25, -0.2) is 0 Å². The Balaban J connectivity index is 2.28. The third-order valence-corrected chi connectivity index (χ3v) is 4.11. The van der Waals surface area contributed by atoms with Crippen LogP contribution in [0.2, 0.25) is 0 Å². The molecule has 1 aliphatic rings. The zero-order valence-electron chi connectivity index (χ0n) is 12.4. The monoisotopic (exact) mass is 241 g/mol. The SMILES string of the molecule is CN1CCCCCC[N+](C)(C)CCCCCC1. The molecule has 0 atom stereocenters. The Hall–Kier alpha value is -0.0800. The molecule has 0 radical (unpaired) electrons. The lowest BCUT2D eigenvalue weighted by Crippen LogP contribution is -2.41. The van der Waals surface area contributed by atoms with Crippen molar-refractivity contribution >= 4 is 0 Å². The van der Waals surface area contributed by atoms with Crippen LogP contribution >= 0.6 is 0 Å². The topological polar surface area (TPSA) is 3.24 Å². The Morgan fingerprint density at radius 3 is 1.53 bits per heavy atom. The molecule has 1 rings (SSSR count). The highest BCUT2D eigenvalue weighted by Gasteiger charge is 2.13. The van der Waals surface area contributed by atoms with Gasteiger partial charge in [-0.05, 0) is 58.7 Å². The van der Waals surface area contributed by atoms with E-state index in [1.54, 1.807) is 0 Å². The minimum Gasteiger partial charge on any atom is -0.328 e. The highest BCUT2D eigenvalue weighted by atomic mass is 15.3. The number of rotatable bonds is 0. The van der Waals surface area contributed by atoms with Gasteiger partial charge in [-0.2, -0.15) is 0 Å². The average molecular weight is 241 g/mol. The Bertz CT molecular complexity index is 171. The number of hydrogen-bond acceptors (Lipinski definition) is 1. The Kier molecular flexibility index (Phi) is 7.14. The van der Waals surface area contributed by atoms with Crippen molar-refractivity contribution in [1.29, 1.82) is 0 Å². The number of quaternary nitrogens is 1. The lowest BCUT2D eigenvalue weighted by molar-refractivity contribution is -0.890. The van der Waals surface area contributed by atoms with Crippen molar-refractivity contribution < 1.29 is 4.48 Å². The van der Waals surface area contributed by atoms with Crippen molar-refractivity contribution in [2.45, 2.75) is 51.4 Å². The van der Waals surface area contributed by atoms with Gasteiger partial charge in [0.2, 0.25) is 0 Å². The van der Waals surface area contributed by atoms with Gasteiger partial charge < -0.3 is 9.38 Å². The molecule has 0 aromatic rings. The van der Waals surface area contributed by atoms with E-state index in [9.17, 15) is 0 Å². The minimum absolute atomic E-state index is 1.24. The molecule has 0 N–H and O–H groups in total. The maximum absolute atomic E-state index is 2.52. The molecular formula is C15H33N2+. The summed E-state index contributed by atoms with van der Waals surface area (Å²) in [5.74, 6) is 0. The summed E-state index contributed by atoms with van der Waals surface area (Å²) < 4.78 is 1.24. The second kappa shape index (κ2) is 8.10. The van der Waals surface area contributed by atoms with E-state index in [4.69, 9.17) is 0 Å². The molecule has 0 amide bonds. The van der Waals surface area contributed by atoms with Gasteiger partial charge in [-0.15, -0.1) is 0 Å². The first-order valence-electron chi connectivity index (χ1n) is 7.61. The Labute approximate surface area is 109 Å². The summed E-state index contributed by atoms with van der Waals surface area (Å²) in [5, 5.41) is 0. The molecule has 0 bridgehead atoms. The van der Waals surface area contributed by atoms with Gasteiger partial charge in [-0.3, -0.25) is 0 Å². The highest BCUT2D eigenvalue weighted by molar-refractivity contribution is 4.55. The predicted octanol–water partition coefficient (Wildman–Crippen LogP) is 3.13. The van der Waals surface area contributed by atoms with Crippen molar-refractivity contribution in [2.24, 2.45) is 0 Å². The van der Waals surface area contributed by atoms with Gasteiger partial charge in [0, 0.05) is 0 Å². The van der Waals surface area contributed by atoms with Crippen LogP contribution in [0.4, 0.5) is 0 Å². The van der Waals surface area contributed by atoms with Gasteiger partial charge in [0.25, 0.3) is 0 Å². The summed E-state index contributed by atoms with van der Waals surface area (Å²) in [4.78, 5) is 2.52. The third kappa shape index (κ3) is 7.77. The standard InChI is InChI=1S/C15H33N2/c1-16-12-8-4-6-10-14-17(2,3)15-11-7-5-9-13-16/h4-15H2,1-3H3/q+1. The summed E-state index contributed by atoms with van der Waals surface area (Å²) in [6.45, 7) is 5.35. The normalized spacial score (nSPS) is 26.3. The summed E-state index contributed by atoms with van der Waals surface area (Å²) in [5.41, 5.74) is 0. The highest BCUT2D eigenvalue weighted by Crippen LogP contribution is 2.11. The van der Waals surface area contributed by atoms with Crippen LogP contribution in [-0.4, -0.2) is 56.7 Å².